The molecule has 0 radical (unpaired) electrons. The highest BCUT2D eigenvalue weighted by molar-refractivity contribution is 5.76. The number of amides is 2. The zero-order valence-electron chi connectivity index (χ0n) is 10.8. The van der Waals surface area contributed by atoms with E-state index in [2.05, 4.69) is 5.32 Å². The Morgan fingerprint density at radius 3 is 2.89 bits per heavy atom. The average molecular weight is 272 g/mol. The van der Waals surface area contributed by atoms with Crippen LogP contribution < -0.4 is 5.32 Å². The Balaban J connectivity index is 1.74. The number of ether oxygens (including phenoxy) is 2. The Morgan fingerprint density at radius 1 is 1.37 bits per heavy atom. The van der Waals surface area contributed by atoms with Gasteiger partial charge in [-0.2, -0.15) is 0 Å². The molecule has 7 nitrogen and oxygen atoms in total. The molecule has 7 heteroatoms. The maximum absolute atomic E-state index is 11.9. The van der Waals surface area contributed by atoms with Crippen LogP contribution in [0, 0.1) is 5.92 Å². The van der Waals surface area contributed by atoms with Gasteiger partial charge in [-0.15, -0.1) is 0 Å². The van der Waals surface area contributed by atoms with E-state index in [9.17, 15) is 9.59 Å². The average Bonchev–Trinajstić information content (AvgIpc) is 2.46. The molecule has 0 aromatic heterocycles. The molecule has 0 aromatic rings. The lowest BCUT2D eigenvalue weighted by Crippen LogP contribution is -2.49. The van der Waals surface area contributed by atoms with Gasteiger partial charge in [-0.25, -0.2) is 4.79 Å². The first kappa shape index (κ1) is 14.1. The van der Waals surface area contributed by atoms with E-state index in [1.165, 1.54) is 0 Å². The van der Waals surface area contributed by atoms with Crippen LogP contribution in [0.25, 0.3) is 0 Å². The maximum Gasteiger partial charge on any atom is 0.317 e. The smallest absolute Gasteiger partial charge is 0.317 e. The highest BCUT2D eigenvalue weighted by Gasteiger charge is 2.28. The topological polar surface area (TPSA) is 88.1 Å². The van der Waals surface area contributed by atoms with Crippen LogP contribution >= 0.6 is 0 Å². The minimum atomic E-state index is -0.832. The number of aliphatic carboxylic acids is 1. The molecule has 2 rings (SSSR count). The first-order valence-electron chi connectivity index (χ1n) is 6.61. The van der Waals surface area contributed by atoms with Gasteiger partial charge in [0.1, 0.15) is 0 Å². The minimum absolute atomic E-state index is 0.113. The third-order valence-corrected chi connectivity index (χ3v) is 3.42. The van der Waals surface area contributed by atoms with E-state index in [0.717, 1.165) is 6.42 Å². The van der Waals surface area contributed by atoms with Crippen molar-refractivity contribution in [3.05, 3.63) is 0 Å². The first-order chi connectivity index (χ1) is 9.16. The Kier molecular flexibility index (Phi) is 4.98. The molecule has 2 N–H and O–H groups in total. The maximum atomic E-state index is 11.9. The van der Waals surface area contributed by atoms with Crippen LogP contribution in [0.2, 0.25) is 0 Å². The van der Waals surface area contributed by atoms with Crippen LogP contribution in [0.5, 0.6) is 0 Å². The Labute approximate surface area is 111 Å². The van der Waals surface area contributed by atoms with Gasteiger partial charge in [0.2, 0.25) is 0 Å². The lowest BCUT2D eigenvalue weighted by molar-refractivity contribution is -0.143. The quantitative estimate of drug-likeness (QED) is 0.749. The number of nitrogens with zero attached hydrogens (tertiary/aromatic N) is 1. The zero-order valence-corrected chi connectivity index (χ0v) is 10.8. The van der Waals surface area contributed by atoms with Gasteiger partial charge in [0, 0.05) is 19.6 Å². The number of carboxylic acid groups (broad SMARTS) is 1. The van der Waals surface area contributed by atoms with Crippen LogP contribution in [0.1, 0.15) is 12.8 Å². The van der Waals surface area contributed by atoms with E-state index in [1.807, 2.05) is 0 Å². The molecule has 1 unspecified atom stereocenters. The molecule has 108 valence electrons. The van der Waals surface area contributed by atoms with Crippen molar-refractivity contribution in [2.75, 3.05) is 39.5 Å². The zero-order chi connectivity index (χ0) is 13.7. The Hall–Kier alpha value is -1.34. The summed E-state index contributed by atoms with van der Waals surface area (Å²) in [7, 11) is 0. The number of piperidine rings is 1. The summed E-state index contributed by atoms with van der Waals surface area (Å²) in [5, 5.41) is 11.7. The van der Waals surface area contributed by atoms with Crippen LogP contribution in [-0.2, 0) is 14.3 Å². The number of hydrogen-bond donors (Lipinski definition) is 2. The molecule has 2 atom stereocenters. The number of carboxylic acids is 1. The predicted octanol–water partition coefficient (Wildman–Crippen LogP) is -0.0920. The second-order valence-electron chi connectivity index (χ2n) is 4.88. The predicted molar refractivity (Wildman–Crippen MR) is 65.9 cm³/mol. The van der Waals surface area contributed by atoms with Crippen molar-refractivity contribution >= 4 is 12.0 Å². The summed E-state index contributed by atoms with van der Waals surface area (Å²) in [5.41, 5.74) is 0. The summed E-state index contributed by atoms with van der Waals surface area (Å²) >= 11 is 0. The summed E-state index contributed by atoms with van der Waals surface area (Å²) < 4.78 is 10.7. The van der Waals surface area contributed by atoms with E-state index in [0.29, 0.717) is 39.3 Å². The SMILES string of the molecule is O=C(O)[C@@H]1CCCN(C(=O)NCC2COCCO2)C1. The monoisotopic (exact) mass is 272 g/mol. The molecule has 2 aliphatic heterocycles. The molecule has 0 aliphatic carbocycles. The summed E-state index contributed by atoms with van der Waals surface area (Å²) in [4.78, 5) is 24.4. The van der Waals surface area contributed by atoms with E-state index >= 15 is 0 Å². The largest absolute Gasteiger partial charge is 0.481 e. The number of urea groups is 1. The Bertz CT molecular complexity index is 330. The molecule has 2 amide bonds. The lowest BCUT2D eigenvalue weighted by Gasteiger charge is -2.31. The molecule has 2 heterocycles. The number of carbonyl (C=O) groups excluding carboxylic acids is 1. The fourth-order valence-electron chi connectivity index (χ4n) is 2.33. The standard InChI is InChI=1S/C12H20N2O5/c15-11(16)9-2-1-3-14(7-9)12(17)13-6-10-8-18-4-5-19-10/h9-10H,1-8H2,(H,13,17)(H,15,16)/t9-,10?/m1/s1. The van der Waals surface area contributed by atoms with E-state index in [-0.39, 0.29) is 18.7 Å². The summed E-state index contributed by atoms with van der Waals surface area (Å²) in [6, 6.07) is -0.222. The van der Waals surface area contributed by atoms with Gasteiger partial charge in [0.25, 0.3) is 0 Å². The molecule has 2 saturated heterocycles. The van der Waals surface area contributed by atoms with Crippen molar-refractivity contribution in [3.8, 4) is 0 Å². The highest BCUT2D eigenvalue weighted by Crippen LogP contribution is 2.16. The van der Waals surface area contributed by atoms with Crippen molar-refractivity contribution in [2.24, 2.45) is 5.92 Å². The summed E-state index contributed by atoms with van der Waals surface area (Å²) in [6.07, 6.45) is 1.25. The van der Waals surface area contributed by atoms with Gasteiger partial charge in [0.05, 0.1) is 31.8 Å². The second kappa shape index (κ2) is 6.72. The van der Waals surface area contributed by atoms with Gasteiger partial charge < -0.3 is 24.8 Å². The van der Waals surface area contributed by atoms with Gasteiger partial charge in [-0.3, -0.25) is 4.79 Å². The molecule has 2 aliphatic rings. The number of rotatable bonds is 3. The summed E-state index contributed by atoms with van der Waals surface area (Å²) in [6.45, 7) is 2.91. The van der Waals surface area contributed by atoms with Crippen LogP contribution in [0.15, 0.2) is 0 Å². The van der Waals surface area contributed by atoms with E-state index in [4.69, 9.17) is 14.6 Å². The third-order valence-electron chi connectivity index (χ3n) is 3.42. The number of carbonyl (C=O) groups is 2. The van der Waals surface area contributed by atoms with Gasteiger partial charge in [-0.05, 0) is 12.8 Å². The van der Waals surface area contributed by atoms with Crippen molar-refractivity contribution in [1.82, 2.24) is 10.2 Å². The minimum Gasteiger partial charge on any atom is -0.481 e. The van der Waals surface area contributed by atoms with Crippen LogP contribution in [0.3, 0.4) is 0 Å². The van der Waals surface area contributed by atoms with Crippen molar-refractivity contribution in [2.45, 2.75) is 18.9 Å². The van der Waals surface area contributed by atoms with Crippen LogP contribution in [-0.4, -0.2) is 67.6 Å². The highest BCUT2D eigenvalue weighted by atomic mass is 16.6. The van der Waals surface area contributed by atoms with Gasteiger partial charge in [0.15, 0.2) is 0 Å². The van der Waals surface area contributed by atoms with Crippen molar-refractivity contribution < 1.29 is 24.2 Å². The fourth-order valence-corrected chi connectivity index (χ4v) is 2.33. The van der Waals surface area contributed by atoms with Gasteiger partial charge in [-0.1, -0.05) is 0 Å². The molecule has 0 aromatic carbocycles. The molecular formula is C12H20N2O5. The molecule has 19 heavy (non-hydrogen) atoms. The Morgan fingerprint density at radius 2 is 2.21 bits per heavy atom. The molecule has 0 bridgehead atoms. The van der Waals surface area contributed by atoms with Crippen molar-refractivity contribution in [3.63, 3.8) is 0 Å². The van der Waals surface area contributed by atoms with E-state index in [1.54, 1.807) is 4.90 Å². The molecular weight excluding hydrogens is 252 g/mol. The van der Waals surface area contributed by atoms with Gasteiger partial charge >= 0.3 is 12.0 Å². The number of hydrogen-bond acceptors (Lipinski definition) is 4. The first-order valence-corrected chi connectivity index (χ1v) is 6.61. The van der Waals surface area contributed by atoms with Crippen LogP contribution in [0.4, 0.5) is 4.79 Å². The summed E-state index contributed by atoms with van der Waals surface area (Å²) in [5.74, 6) is -1.28. The molecule has 0 saturated carbocycles. The molecule has 0 spiro atoms. The second-order valence-corrected chi connectivity index (χ2v) is 4.88. The fraction of sp³-hybridized carbons (Fsp3) is 0.833. The van der Waals surface area contributed by atoms with E-state index < -0.39 is 11.9 Å². The van der Waals surface area contributed by atoms with Crippen molar-refractivity contribution in [1.29, 1.82) is 0 Å². The lowest BCUT2D eigenvalue weighted by atomic mass is 9.99. The normalized spacial score (nSPS) is 27.9. The number of nitrogens with one attached hydrogen (secondary N) is 1. The number of likely N-dealkylation sites (tertiary alicyclic amines) is 1. The third kappa shape index (κ3) is 4.07. The molecule has 2 fully saturated rings.